The summed E-state index contributed by atoms with van der Waals surface area (Å²) in [5.41, 5.74) is 4.92. The van der Waals surface area contributed by atoms with Crippen molar-refractivity contribution in [2.24, 2.45) is 40.2 Å². The molecule has 1 saturated heterocycles. The number of Topliss-reactive ketones (excluding diaryl/α,β-unsaturated/α-hetero) is 1. The van der Waals surface area contributed by atoms with E-state index in [1.54, 1.807) is 4.90 Å². The second-order valence-corrected chi connectivity index (χ2v) is 19.5. The Labute approximate surface area is 294 Å². The van der Waals surface area contributed by atoms with Crippen molar-refractivity contribution in [1.82, 2.24) is 19.8 Å². The highest BCUT2D eigenvalue weighted by molar-refractivity contribution is 7.88. The maximum Gasteiger partial charge on any atom is 0.287 e. The number of hydrogen-bond donors (Lipinski definition) is 3. The maximum atomic E-state index is 14.7. The van der Waals surface area contributed by atoms with E-state index in [2.05, 4.69) is 31.4 Å². The number of nitrogens with two attached hydrogens (primary N) is 1. The van der Waals surface area contributed by atoms with E-state index in [1.807, 2.05) is 20.8 Å². The Bertz CT molecular complexity index is 1310. The fraction of sp³-hybridized carbons (Fsp3) is 0.861. The molecular weight excluding hydrogens is 646 g/mol. The Hall–Kier alpha value is -2.54. The minimum Gasteiger partial charge on any atom is -0.363 e. The van der Waals surface area contributed by atoms with Crippen LogP contribution in [0.15, 0.2) is 0 Å². The lowest BCUT2D eigenvalue weighted by molar-refractivity contribution is -0.144. The number of carbonyl (C=O) groups excluding carboxylic acids is 5. The topological polar surface area (TPSA) is 176 Å². The van der Waals surface area contributed by atoms with E-state index >= 15 is 0 Å². The number of rotatable bonds is 15. The van der Waals surface area contributed by atoms with Crippen LogP contribution in [-0.4, -0.2) is 91.6 Å². The van der Waals surface area contributed by atoms with Crippen LogP contribution in [-0.2, 0) is 34.0 Å². The van der Waals surface area contributed by atoms with Gasteiger partial charge in [0.15, 0.2) is 0 Å². The zero-order valence-corrected chi connectivity index (χ0v) is 32.0. The predicted molar refractivity (Wildman–Crippen MR) is 189 cm³/mol. The lowest BCUT2D eigenvalue weighted by Gasteiger charge is -2.36. The van der Waals surface area contributed by atoms with E-state index in [1.165, 1.54) is 11.4 Å². The van der Waals surface area contributed by atoms with Gasteiger partial charge in [-0.1, -0.05) is 80.1 Å². The van der Waals surface area contributed by atoms with Crippen LogP contribution in [0, 0.1) is 34.5 Å². The molecule has 12 nitrogen and oxygen atoms in total. The quantitative estimate of drug-likeness (QED) is 0.219. The van der Waals surface area contributed by atoms with Gasteiger partial charge in [-0.2, -0.15) is 0 Å². The summed E-state index contributed by atoms with van der Waals surface area (Å²) in [4.78, 5) is 68.8. The van der Waals surface area contributed by atoms with Crippen molar-refractivity contribution in [1.29, 1.82) is 0 Å². The summed E-state index contributed by atoms with van der Waals surface area (Å²) in [7, 11) is -1.96. The summed E-state index contributed by atoms with van der Waals surface area (Å²) >= 11 is 0. The van der Waals surface area contributed by atoms with Crippen LogP contribution >= 0.6 is 0 Å². The molecule has 0 radical (unpaired) electrons. The molecule has 49 heavy (non-hydrogen) atoms. The molecule has 280 valence electrons. The third-order valence-corrected chi connectivity index (χ3v) is 12.2. The largest absolute Gasteiger partial charge is 0.363 e. The first-order valence-electron chi connectivity index (χ1n) is 18.2. The van der Waals surface area contributed by atoms with Crippen molar-refractivity contribution in [3.63, 3.8) is 0 Å². The number of ketones is 1. The maximum absolute atomic E-state index is 14.7. The highest BCUT2D eigenvalue weighted by Gasteiger charge is 2.46. The number of hydrogen-bond acceptors (Lipinski definition) is 7. The first-order valence-corrected chi connectivity index (χ1v) is 20.1. The van der Waals surface area contributed by atoms with Crippen molar-refractivity contribution in [2.45, 2.75) is 137 Å². The van der Waals surface area contributed by atoms with E-state index in [0.717, 1.165) is 64.0 Å². The van der Waals surface area contributed by atoms with Crippen LogP contribution in [0.5, 0.6) is 0 Å². The Kier molecular flexibility index (Phi) is 13.9. The van der Waals surface area contributed by atoms with E-state index in [9.17, 15) is 32.4 Å². The molecule has 0 aromatic rings. The number of sulfonamides is 1. The monoisotopic (exact) mass is 709 g/mol. The summed E-state index contributed by atoms with van der Waals surface area (Å²) in [6, 6.07) is -2.75. The van der Waals surface area contributed by atoms with Gasteiger partial charge in [0.25, 0.3) is 5.91 Å². The number of likely N-dealkylation sites (tertiary alicyclic amines) is 1. The number of primary amides is 1. The molecule has 13 heteroatoms. The molecule has 1 unspecified atom stereocenters. The predicted octanol–water partition coefficient (Wildman–Crippen LogP) is 3.38. The Balaban J connectivity index is 1.89. The van der Waals surface area contributed by atoms with Gasteiger partial charge in [0.1, 0.15) is 12.1 Å². The second-order valence-electron chi connectivity index (χ2n) is 17.4. The van der Waals surface area contributed by atoms with Crippen molar-refractivity contribution in [3.8, 4) is 0 Å². The summed E-state index contributed by atoms with van der Waals surface area (Å²) in [5.74, 6) is -3.21. The average molecular weight is 710 g/mol. The summed E-state index contributed by atoms with van der Waals surface area (Å²) in [5, 5.41) is 5.89. The molecule has 0 bridgehead atoms. The van der Waals surface area contributed by atoms with E-state index in [0.29, 0.717) is 19.4 Å². The van der Waals surface area contributed by atoms with Gasteiger partial charge >= 0.3 is 0 Å². The number of amides is 4. The van der Waals surface area contributed by atoms with Crippen LogP contribution < -0.4 is 16.4 Å². The molecule has 1 aliphatic heterocycles. The zero-order valence-electron chi connectivity index (χ0n) is 31.2. The lowest BCUT2D eigenvalue weighted by Crippen LogP contribution is -2.58. The molecule has 2 aliphatic carbocycles. The molecule has 5 atom stereocenters. The molecule has 3 rings (SSSR count). The van der Waals surface area contributed by atoms with E-state index in [-0.39, 0.29) is 53.9 Å². The first-order chi connectivity index (χ1) is 22.6. The standard InChI is InChI=1S/C36H63N5O7S/c1-35(2,3)20-24-18-28(33(45)38-27(31(43)32(37)44)17-23-13-12-14-23)41(21-24)34(46)30(25-15-10-9-11-16-25)39-29(42)19-26(36(4,5)6)22-40(7)49(8,47)48/h23-28,30H,9-22H2,1-8H3,(H2,37,44)(H,38,45)(H,39,42)/t24-,26+,27?,28-,30-/m0/s1. The van der Waals surface area contributed by atoms with Crippen LogP contribution in [0.25, 0.3) is 0 Å². The fourth-order valence-electron chi connectivity index (χ4n) is 7.74. The van der Waals surface area contributed by atoms with Gasteiger partial charge < -0.3 is 21.3 Å². The van der Waals surface area contributed by atoms with Gasteiger partial charge in [-0.25, -0.2) is 12.7 Å². The second kappa shape index (κ2) is 16.7. The summed E-state index contributed by atoms with van der Waals surface area (Å²) < 4.78 is 25.7. The third-order valence-electron chi connectivity index (χ3n) is 10.9. The minimum atomic E-state index is -3.46. The molecular formula is C36H63N5O7S. The number of carbonyl (C=O) groups is 5. The van der Waals surface area contributed by atoms with Crippen LogP contribution in [0.2, 0.25) is 0 Å². The highest BCUT2D eigenvalue weighted by Crippen LogP contribution is 2.37. The molecule has 4 N–H and O–H groups in total. The molecule has 0 aromatic carbocycles. The van der Waals surface area contributed by atoms with Crippen molar-refractivity contribution < 1.29 is 32.4 Å². The molecule has 3 aliphatic rings. The van der Waals surface area contributed by atoms with Crippen LogP contribution in [0.4, 0.5) is 0 Å². The van der Waals surface area contributed by atoms with Gasteiger partial charge in [-0.05, 0) is 66.6 Å². The van der Waals surface area contributed by atoms with E-state index in [4.69, 9.17) is 5.73 Å². The van der Waals surface area contributed by atoms with Crippen molar-refractivity contribution >= 4 is 39.4 Å². The molecule has 2 saturated carbocycles. The van der Waals surface area contributed by atoms with Crippen LogP contribution in [0.3, 0.4) is 0 Å². The summed E-state index contributed by atoms with van der Waals surface area (Å²) in [6.07, 6.45) is 10.0. The number of nitrogens with one attached hydrogen (secondary N) is 2. The van der Waals surface area contributed by atoms with Gasteiger partial charge in [0.05, 0.1) is 12.3 Å². The lowest BCUT2D eigenvalue weighted by atomic mass is 9.78. The fourth-order valence-corrected chi connectivity index (χ4v) is 8.19. The Morgan fingerprint density at radius 3 is 2.00 bits per heavy atom. The number of nitrogens with zero attached hydrogens (tertiary/aromatic N) is 2. The third kappa shape index (κ3) is 12.0. The summed E-state index contributed by atoms with van der Waals surface area (Å²) in [6.45, 7) is 12.7. The SMILES string of the molecule is CN(C[C@@H](CC(=O)N[C@H](C(=O)N1C[C@H](CC(C)(C)C)C[C@H]1C(=O)NC(CC1CCC1)C(=O)C(N)=O)C1CCCCC1)C(C)(C)C)S(C)(=O)=O. The molecule has 0 spiro atoms. The van der Waals surface area contributed by atoms with Gasteiger partial charge in [0.2, 0.25) is 33.5 Å². The van der Waals surface area contributed by atoms with Gasteiger partial charge in [-0.3, -0.25) is 24.0 Å². The van der Waals surface area contributed by atoms with E-state index < -0.39 is 51.2 Å². The first kappa shape index (κ1) is 40.9. The highest BCUT2D eigenvalue weighted by atomic mass is 32.2. The zero-order chi connectivity index (χ0) is 36.9. The van der Waals surface area contributed by atoms with Crippen molar-refractivity contribution in [2.75, 3.05) is 26.4 Å². The van der Waals surface area contributed by atoms with Crippen molar-refractivity contribution in [3.05, 3.63) is 0 Å². The molecule has 0 aromatic heterocycles. The molecule has 4 amide bonds. The smallest absolute Gasteiger partial charge is 0.287 e. The Morgan fingerprint density at radius 1 is 0.898 bits per heavy atom. The minimum absolute atomic E-state index is 0.0242. The average Bonchev–Trinajstić information content (AvgIpc) is 3.37. The normalized spacial score (nSPS) is 23.0. The van der Waals surface area contributed by atoms with Gasteiger partial charge in [-0.15, -0.1) is 0 Å². The molecule has 1 heterocycles. The van der Waals surface area contributed by atoms with Gasteiger partial charge in [0, 0.05) is 26.6 Å². The Morgan fingerprint density at radius 2 is 1.51 bits per heavy atom. The molecule has 3 fully saturated rings. The van der Waals surface area contributed by atoms with Crippen LogP contribution in [0.1, 0.15) is 119 Å².